The molecule has 1 aliphatic heterocycles. The summed E-state index contributed by atoms with van der Waals surface area (Å²) in [5.74, 6) is 0. The molecule has 1 heterocycles. The van der Waals surface area contributed by atoms with Gasteiger partial charge in [0, 0.05) is 12.1 Å². The van der Waals surface area contributed by atoms with Crippen molar-refractivity contribution in [3.05, 3.63) is 0 Å². The summed E-state index contributed by atoms with van der Waals surface area (Å²) in [5.41, 5.74) is 5.70. The van der Waals surface area contributed by atoms with Crippen LogP contribution in [0.15, 0.2) is 0 Å². The molecule has 2 atom stereocenters. The van der Waals surface area contributed by atoms with Crippen molar-refractivity contribution in [3.8, 4) is 0 Å². The molecule has 0 saturated carbocycles. The molecular weight excluding hydrogens is 112 g/mol. The number of nitrogens with two attached hydrogens (primary N) is 1. The summed E-state index contributed by atoms with van der Waals surface area (Å²) < 4.78 is 0. The topological polar surface area (TPSA) is 38.0 Å². The number of piperidine rings is 1. The Kier molecular flexibility index (Phi) is 2.49. The Labute approximate surface area is 56.8 Å². The molecule has 54 valence electrons. The van der Waals surface area contributed by atoms with Crippen LogP contribution in [0.1, 0.15) is 26.2 Å². The molecule has 0 amide bonds. The molecule has 0 bridgehead atoms. The van der Waals surface area contributed by atoms with Crippen molar-refractivity contribution in [1.82, 2.24) is 5.32 Å². The van der Waals surface area contributed by atoms with Gasteiger partial charge >= 0.3 is 0 Å². The molecule has 0 unspecified atom stereocenters. The molecule has 1 saturated heterocycles. The highest BCUT2D eigenvalue weighted by atomic mass is 15.0. The average molecular weight is 128 g/mol. The molecule has 0 radical (unpaired) electrons. The zero-order valence-electron chi connectivity index (χ0n) is 6.06. The van der Waals surface area contributed by atoms with E-state index in [1.54, 1.807) is 0 Å². The maximum absolute atomic E-state index is 5.70. The van der Waals surface area contributed by atoms with Gasteiger partial charge in [0.2, 0.25) is 0 Å². The van der Waals surface area contributed by atoms with Crippen LogP contribution in [0.3, 0.4) is 0 Å². The largest absolute Gasteiger partial charge is 0.327 e. The standard InChI is InChI=1S/C7H16N2/c1-6(8)7-4-2-3-5-9-7/h6-7,9H,2-5,8H2,1H3/t6-,7-/m1/s1. The maximum atomic E-state index is 5.70. The van der Waals surface area contributed by atoms with Gasteiger partial charge in [-0.2, -0.15) is 0 Å². The van der Waals surface area contributed by atoms with E-state index in [-0.39, 0.29) is 0 Å². The quantitative estimate of drug-likeness (QED) is 0.539. The smallest absolute Gasteiger partial charge is 0.0216 e. The van der Waals surface area contributed by atoms with Crippen molar-refractivity contribution < 1.29 is 0 Å². The van der Waals surface area contributed by atoms with Crippen LogP contribution in [0.5, 0.6) is 0 Å². The second-order valence-electron chi connectivity index (χ2n) is 2.92. The molecule has 1 rings (SSSR count). The normalized spacial score (nSPS) is 32.0. The number of rotatable bonds is 1. The van der Waals surface area contributed by atoms with E-state index in [2.05, 4.69) is 12.2 Å². The lowest BCUT2D eigenvalue weighted by molar-refractivity contribution is 0.361. The number of hydrogen-bond donors (Lipinski definition) is 2. The van der Waals surface area contributed by atoms with E-state index in [1.807, 2.05) is 0 Å². The number of hydrogen-bond acceptors (Lipinski definition) is 2. The lowest BCUT2D eigenvalue weighted by Crippen LogP contribution is -2.45. The molecule has 0 aromatic carbocycles. The van der Waals surface area contributed by atoms with E-state index in [1.165, 1.54) is 19.3 Å². The third-order valence-electron chi connectivity index (χ3n) is 1.98. The first-order chi connectivity index (χ1) is 4.30. The summed E-state index contributed by atoms with van der Waals surface area (Å²) in [6.07, 6.45) is 3.93. The number of nitrogens with one attached hydrogen (secondary N) is 1. The van der Waals surface area contributed by atoms with E-state index in [4.69, 9.17) is 5.73 Å². The highest BCUT2D eigenvalue weighted by molar-refractivity contribution is 4.78. The summed E-state index contributed by atoms with van der Waals surface area (Å²) in [5, 5.41) is 3.39. The van der Waals surface area contributed by atoms with Crippen molar-refractivity contribution >= 4 is 0 Å². The predicted octanol–water partition coefficient (Wildman–Crippen LogP) is 0.476. The van der Waals surface area contributed by atoms with Gasteiger partial charge < -0.3 is 11.1 Å². The lowest BCUT2D eigenvalue weighted by Gasteiger charge is -2.26. The van der Waals surface area contributed by atoms with Gasteiger partial charge in [0.05, 0.1) is 0 Å². The Morgan fingerprint density at radius 1 is 1.56 bits per heavy atom. The summed E-state index contributed by atoms with van der Waals surface area (Å²) >= 11 is 0. The van der Waals surface area contributed by atoms with Gasteiger partial charge in [0.15, 0.2) is 0 Å². The third kappa shape index (κ3) is 1.95. The van der Waals surface area contributed by atoms with Gasteiger partial charge in [-0.05, 0) is 26.3 Å². The van der Waals surface area contributed by atoms with Crippen LogP contribution >= 0.6 is 0 Å². The van der Waals surface area contributed by atoms with Crippen LogP contribution in [0.25, 0.3) is 0 Å². The van der Waals surface area contributed by atoms with E-state index >= 15 is 0 Å². The fourth-order valence-corrected chi connectivity index (χ4v) is 1.33. The maximum Gasteiger partial charge on any atom is 0.0216 e. The molecule has 0 spiro atoms. The van der Waals surface area contributed by atoms with Gasteiger partial charge in [-0.25, -0.2) is 0 Å². The molecule has 0 aromatic heterocycles. The fraction of sp³-hybridized carbons (Fsp3) is 1.00. The van der Waals surface area contributed by atoms with Gasteiger partial charge in [-0.15, -0.1) is 0 Å². The third-order valence-corrected chi connectivity index (χ3v) is 1.98. The summed E-state index contributed by atoms with van der Waals surface area (Å²) in [6, 6.07) is 0.907. The Balaban J connectivity index is 2.23. The first kappa shape index (κ1) is 7.03. The molecule has 0 aromatic rings. The van der Waals surface area contributed by atoms with E-state index < -0.39 is 0 Å². The van der Waals surface area contributed by atoms with Gasteiger partial charge in [0.25, 0.3) is 0 Å². The predicted molar refractivity (Wildman–Crippen MR) is 39.3 cm³/mol. The molecule has 2 heteroatoms. The summed E-state index contributed by atoms with van der Waals surface area (Å²) in [4.78, 5) is 0. The SMILES string of the molecule is C[C@@H](N)[C@H]1CCCCN1. The highest BCUT2D eigenvalue weighted by Crippen LogP contribution is 2.08. The van der Waals surface area contributed by atoms with Crippen molar-refractivity contribution in [2.75, 3.05) is 6.54 Å². The molecule has 2 nitrogen and oxygen atoms in total. The van der Waals surface area contributed by atoms with Gasteiger partial charge in [-0.1, -0.05) is 6.42 Å². The second kappa shape index (κ2) is 3.18. The fourth-order valence-electron chi connectivity index (χ4n) is 1.33. The van der Waals surface area contributed by atoms with Crippen molar-refractivity contribution in [2.45, 2.75) is 38.3 Å². The van der Waals surface area contributed by atoms with Crippen LogP contribution < -0.4 is 11.1 Å². The molecule has 0 aliphatic carbocycles. The average Bonchev–Trinajstić information content (AvgIpc) is 1.90. The first-order valence-electron chi connectivity index (χ1n) is 3.79. The van der Waals surface area contributed by atoms with Gasteiger partial charge in [-0.3, -0.25) is 0 Å². The highest BCUT2D eigenvalue weighted by Gasteiger charge is 2.15. The van der Waals surface area contributed by atoms with Crippen LogP contribution in [0, 0.1) is 0 Å². The van der Waals surface area contributed by atoms with Crippen molar-refractivity contribution in [2.24, 2.45) is 5.73 Å². The minimum Gasteiger partial charge on any atom is -0.327 e. The van der Waals surface area contributed by atoms with Crippen LogP contribution in [-0.2, 0) is 0 Å². The van der Waals surface area contributed by atoms with E-state index in [0.717, 1.165) is 6.54 Å². The molecule has 9 heavy (non-hydrogen) atoms. The molecule has 1 aliphatic rings. The van der Waals surface area contributed by atoms with E-state index in [9.17, 15) is 0 Å². The van der Waals surface area contributed by atoms with Crippen LogP contribution in [-0.4, -0.2) is 18.6 Å². The molecule has 1 fully saturated rings. The lowest BCUT2D eigenvalue weighted by atomic mass is 10.00. The first-order valence-corrected chi connectivity index (χ1v) is 3.79. The minimum atomic E-state index is 0.324. The van der Waals surface area contributed by atoms with E-state index in [0.29, 0.717) is 12.1 Å². The zero-order chi connectivity index (χ0) is 6.69. The summed E-state index contributed by atoms with van der Waals surface area (Å²) in [7, 11) is 0. The van der Waals surface area contributed by atoms with Crippen LogP contribution in [0.4, 0.5) is 0 Å². The zero-order valence-corrected chi connectivity index (χ0v) is 6.06. The Morgan fingerprint density at radius 2 is 2.33 bits per heavy atom. The van der Waals surface area contributed by atoms with Crippen molar-refractivity contribution in [3.63, 3.8) is 0 Å². The summed E-state index contributed by atoms with van der Waals surface area (Å²) in [6.45, 7) is 3.23. The van der Waals surface area contributed by atoms with Crippen LogP contribution in [0.2, 0.25) is 0 Å². The van der Waals surface area contributed by atoms with Gasteiger partial charge in [0.1, 0.15) is 0 Å². The Morgan fingerprint density at radius 3 is 2.67 bits per heavy atom. The van der Waals surface area contributed by atoms with Crippen molar-refractivity contribution in [1.29, 1.82) is 0 Å². The monoisotopic (exact) mass is 128 g/mol. The second-order valence-corrected chi connectivity index (χ2v) is 2.92. The Hall–Kier alpha value is -0.0800. The Bertz CT molecular complexity index is 75.0. The molecular formula is C7H16N2. The molecule has 3 N–H and O–H groups in total. The minimum absolute atomic E-state index is 0.324.